The number of carboxylic acids is 1. The number of carbonyl (C=O) groups is 2. The van der Waals surface area contributed by atoms with Gasteiger partial charge < -0.3 is 10.2 Å². The predicted octanol–water partition coefficient (Wildman–Crippen LogP) is -0.330. The van der Waals surface area contributed by atoms with Gasteiger partial charge in [0.25, 0.3) is 0 Å². The Morgan fingerprint density at radius 2 is 2.00 bits per heavy atom. The van der Waals surface area contributed by atoms with E-state index in [0.717, 1.165) is 11.4 Å². The molecule has 0 saturated carbocycles. The number of amides is 1. The Hall–Kier alpha value is -1.30. The molecule has 2 saturated heterocycles. The zero-order valence-corrected chi connectivity index (χ0v) is 6.88. The van der Waals surface area contributed by atoms with E-state index in [2.05, 4.69) is 0 Å². The van der Waals surface area contributed by atoms with E-state index in [1.165, 1.54) is 0 Å². The lowest BCUT2D eigenvalue weighted by Crippen LogP contribution is -2.51. The van der Waals surface area contributed by atoms with Crippen LogP contribution in [0.25, 0.3) is 0 Å². The van der Waals surface area contributed by atoms with E-state index in [1.54, 1.807) is 5.01 Å². The van der Waals surface area contributed by atoms with E-state index in [0.29, 0.717) is 13.1 Å². The van der Waals surface area contributed by atoms with Gasteiger partial charge in [-0.15, -0.1) is 0 Å². The fourth-order valence-corrected chi connectivity index (χ4v) is 2.14. The lowest BCUT2D eigenvalue weighted by Gasteiger charge is -2.30. The molecule has 0 aromatic heterocycles. The zero-order chi connectivity index (χ0) is 9.59. The SMILES string of the molecule is O=C(O)C1C2CCN(C2)N1C(=O)O. The summed E-state index contributed by atoms with van der Waals surface area (Å²) in [5.74, 6) is -1.08. The van der Waals surface area contributed by atoms with Gasteiger partial charge in [0, 0.05) is 19.0 Å². The number of rotatable bonds is 1. The molecule has 1 amide bonds. The van der Waals surface area contributed by atoms with Crippen LogP contribution in [-0.2, 0) is 4.79 Å². The molecule has 3 unspecified atom stereocenters. The van der Waals surface area contributed by atoms with Gasteiger partial charge in [-0.1, -0.05) is 0 Å². The molecule has 2 N–H and O–H groups in total. The summed E-state index contributed by atoms with van der Waals surface area (Å²) < 4.78 is 0. The fourth-order valence-electron chi connectivity index (χ4n) is 2.14. The van der Waals surface area contributed by atoms with Crippen molar-refractivity contribution in [3.8, 4) is 0 Å². The Kier molecular flexibility index (Phi) is 1.66. The number of fused-ring (bicyclic) bond motifs is 2. The van der Waals surface area contributed by atoms with Gasteiger partial charge >= 0.3 is 12.1 Å². The number of hydrogen-bond acceptors (Lipinski definition) is 3. The molecule has 0 aromatic carbocycles. The third-order valence-corrected chi connectivity index (χ3v) is 2.67. The van der Waals surface area contributed by atoms with E-state index in [-0.39, 0.29) is 5.92 Å². The normalized spacial score (nSPS) is 36.6. The third-order valence-electron chi connectivity index (χ3n) is 2.67. The number of aliphatic carboxylic acids is 1. The predicted molar refractivity (Wildman–Crippen MR) is 41.0 cm³/mol. The highest BCUT2D eigenvalue weighted by Crippen LogP contribution is 2.33. The van der Waals surface area contributed by atoms with E-state index in [4.69, 9.17) is 10.2 Å². The van der Waals surface area contributed by atoms with Gasteiger partial charge in [0.1, 0.15) is 0 Å². The van der Waals surface area contributed by atoms with E-state index in [9.17, 15) is 9.59 Å². The molecule has 0 spiro atoms. The molecule has 2 rings (SSSR count). The molecular weight excluding hydrogens is 176 g/mol. The Labute approximate surface area is 74.3 Å². The maximum absolute atomic E-state index is 10.8. The Morgan fingerprint density at radius 3 is 2.46 bits per heavy atom. The van der Waals surface area contributed by atoms with Crippen molar-refractivity contribution in [2.45, 2.75) is 12.5 Å². The van der Waals surface area contributed by atoms with Crippen LogP contribution in [0.5, 0.6) is 0 Å². The quantitative estimate of drug-likeness (QED) is 0.586. The highest BCUT2D eigenvalue weighted by molar-refractivity contribution is 5.80. The molecule has 6 heteroatoms. The van der Waals surface area contributed by atoms with Crippen molar-refractivity contribution in [1.29, 1.82) is 0 Å². The van der Waals surface area contributed by atoms with Gasteiger partial charge in [0.15, 0.2) is 6.04 Å². The summed E-state index contributed by atoms with van der Waals surface area (Å²) in [7, 11) is 0. The highest BCUT2D eigenvalue weighted by Gasteiger charge is 2.50. The average Bonchev–Trinajstić information content (AvgIpc) is 2.60. The first-order valence-electron chi connectivity index (χ1n) is 4.11. The second kappa shape index (κ2) is 2.59. The minimum absolute atomic E-state index is 0.0337. The Balaban J connectivity index is 2.24. The standard InChI is InChI=1S/C7H10N2O4/c10-6(11)5-4-1-2-8(3-4)9(5)7(12)13/h4-5H,1-3H2,(H,10,11)(H,12,13). The van der Waals surface area contributed by atoms with Crippen molar-refractivity contribution in [2.24, 2.45) is 5.92 Å². The molecule has 0 aliphatic carbocycles. The van der Waals surface area contributed by atoms with Crippen molar-refractivity contribution in [2.75, 3.05) is 13.1 Å². The molecule has 2 aliphatic heterocycles. The number of hydrogen-bond donors (Lipinski definition) is 2. The van der Waals surface area contributed by atoms with Crippen LogP contribution in [0, 0.1) is 5.92 Å². The first-order chi connectivity index (χ1) is 6.11. The molecule has 6 nitrogen and oxygen atoms in total. The van der Waals surface area contributed by atoms with Gasteiger partial charge in [-0.2, -0.15) is 0 Å². The molecule has 0 radical (unpaired) electrons. The van der Waals surface area contributed by atoms with Crippen molar-refractivity contribution in [1.82, 2.24) is 10.0 Å². The second-order valence-corrected chi connectivity index (χ2v) is 3.37. The molecule has 2 bridgehead atoms. The molecular formula is C7H10N2O4. The Bertz CT molecular complexity index is 241. The first kappa shape index (κ1) is 8.31. The van der Waals surface area contributed by atoms with E-state index >= 15 is 0 Å². The summed E-state index contributed by atoms with van der Waals surface area (Å²) in [6.07, 6.45) is -0.393. The van der Waals surface area contributed by atoms with Crippen molar-refractivity contribution in [3.63, 3.8) is 0 Å². The van der Waals surface area contributed by atoms with Crippen LogP contribution in [0.3, 0.4) is 0 Å². The minimum atomic E-state index is -1.17. The zero-order valence-electron chi connectivity index (χ0n) is 6.88. The van der Waals surface area contributed by atoms with Gasteiger partial charge in [0.2, 0.25) is 0 Å². The summed E-state index contributed by atoms with van der Waals surface area (Å²) in [4.78, 5) is 21.5. The van der Waals surface area contributed by atoms with Crippen LogP contribution in [0.4, 0.5) is 4.79 Å². The fraction of sp³-hybridized carbons (Fsp3) is 0.714. The first-order valence-corrected chi connectivity index (χ1v) is 4.11. The van der Waals surface area contributed by atoms with E-state index in [1.807, 2.05) is 0 Å². The van der Waals surface area contributed by atoms with E-state index < -0.39 is 18.1 Å². The molecule has 3 atom stereocenters. The van der Waals surface area contributed by atoms with Crippen LogP contribution in [-0.4, -0.2) is 51.4 Å². The maximum Gasteiger partial charge on any atom is 0.422 e. The van der Waals surface area contributed by atoms with Gasteiger partial charge in [0.05, 0.1) is 0 Å². The van der Waals surface area contributed by atoms with Gasteiger partial charge in [-0.05, 0) is 6.42 Å². The van der Waals surface area contributed by atoms with Crippen LogP contribution in [0.15, 0.2) is 0 Å². The average molecular weight is 186 g/mol. The number of hydrazine groups is 1. The lowest BCUT2D eigenvalue weighted by molar-refractivity contribution is -0.147. The smallest absolute Gasteiger partial charge is 0.422 e. The summed E-state index contributed by atoms with van der Waals surface area (Å²) in [5.41, 5.74) is 0. The number of carboxylic acid groups (broad SMARTS) is 2. The number of nitrogens with zero attached hydrogens (tertiary/aromatic N) is 2. The molecule has 2 aliphatic rings. The Morgan fingerprint density at radius 1 is 1.31 bits per heavy atom. The monoisotopic (exact) mass is 186 g/mol. The summed E-state index contributed by atoms with van der Waals surface area (Å²) in [6, 6.07) is -0.869. The summed E-state index contributed by atoms with van der Waals surface area (Å²) >= 11 is 0. The van der Waals surface area contributed by atoms with Crippen molar-refractivity contribution >= 4 is 12.1 Å². The lowest BCUT2D eigenvalue weighted by atomic mass is 10.00. The molecule has 72 valence electrons. The minimum Gasteiger partial charge on any atom is -0.480 e. The highest BCUT2D eigenvalue weighted by atomic mass is 16.4. The third kappa shape index (κ3) is 1.06. The van der Waals surface area contributed by atoms with Crippen molar-refractivity contribution in [3.05, 3.63) is 0 Å². The van der Waals surface area contributed by atoms with Crippen LogP contribution < -0.4 is 0 Å². The topological polar surface area (TPSA) is 81.1 Å². The molecule has 2 heterocycles. The second-order valence-electron chi connectivity index (χ2n) is 3.37. The molecule has 0 aromatic rings. The van der Waals surface area contributed by atoms with Crippen molar-refractivity contribution < 1.29 is 19.8 Å². The van der Waals surface area contributed by atoms with Crippen LogP contribution >= 0.6 is 0 Å². The van der Waals surface area contributed by atoms with Crippen LogP contribution in [0.1, 0.15) is 6.42 Å². The van der Waals surface area contributed by atoms with Crippen LogP contribution in [0.2, 0.25) is 0 Å². The maximum atomic E-state index is 10.8. The summed E-state index contributed by atoms with van der Waals surface area (Å²) in [5, 5.41) is 20.1. The summed E-state index contributed by atoms with van der Waals surface area (Å²) in [6.45, 7) is 1.21. The van der Waals surface area contributed by atoms with Gasteiger partial charge in [-0.25, -0.2) is 19.6 Å². The van der Waals surface area contributed by atoms with Gasteiger partial charge in [-0.3, -0.25) is 0 Å². The molecule has 2 fully saturated rings. The largest absolute Gasteiger partial charge is 0.480 e. The molecule has 13 heavy (non-hydrogen) atoms.